The van der Waals surface area contributed by atoms with E-state index in [0.29, 0.717) is 45.4 Å². The Morgan fingerprint density at radius 1 is 1.24 bits per heavy atom. The molecule has 1 saturated heterocycles. The van der Waals surface area contributed by atoms with Crippen LogP contribution in [0.4, 0.5) is 0 Å². The number of fused-ring (bicyclic) bond motifs is 1. The molecule has 0 radical (unpaired) electrons. The molecule has 200 valence electrons. The van der Waals surface area contributed by atoms with Gasteiger partial charge in [-0.3, -0.25) is 19.0 Å². The van der Waals surface area contributed by atoms with E-state index < -0.39 is 6.29 Å². The lowest BCUT2D eigenvalue weighted by molar-refractivity contribution is -0.166. The summed E-state index contributed by atoms with van der Waals surface area (Å²) in [5, 5.41) is 13.4. The van der Waals surface area contributed by atoms with Crippen LogP contribution in [0, 0.1) is 5.92 Å². The molecule has 2 aromatic rings. The number of carbonyl (C=O) groups excluding carboxylic acids is 3. The molecule has 2 N–H and O–H groups in total. The third-order valence-corrected chi connectivity index (χ3v) is 7.14. The van der Waals surface area contributed by atoms with Crippen molar-refractivity contribution in [3.05, 3.63) is 47.9 Å². The van der Waals surface area contributed by atoms with E-state index in [2.05, 4.69) is 5.32 Å². The molecule has 2 aliphatic rings. The van der Waals surface area contributed by atoms with Crippen molar-refractivity contribution in [1.29, 1.82) is 0 Å². The molecule has 1 fully saturated rings. The summed E-state index contributed by atoms with van der Waals surface area (Å²) in [6.45, 7) is 5.66. The van der Waals surface area contributed by atoms with Crippen molar-refractivity contribution in [2.24, 2.45) is 5.92 Å². The Kier molecular flexibility index (Phi) is 9.00. The lowest BCUT2D eigenvalue weighted by Gasteiger charge is -2.36. The average molecular weight is 512 g/mol. The first kappa shape index (κ1) is 26.9. The maximum Gasteiger partial charge on any atom is 0.286 e. The van der Waals surface area contributed by atoms with Gasteiger partial charge in [-0.1, -0.05) is 18.2 Å². The average Bonchev–Trinajstić information content (AvgIpc) is 3.49. The quantitative estimate of drug-likeness (QED) is 0.449. The van der Waals surface area contributed by atoms with Crippen LogP contribution in [-0.2, 0) is 19.1 Å². The van der Waals surface area contributed by atoms with Gasteiger partial charge < -0.3 is 24.8 Å². The van der Waals surface area contributed by atoms with Crippen LogP contribution >= 0.6 is 0 Å². The number of hydrogen-bond acceptors (Lipinski definition) is 6. The Morgan fingerprint density at radius 3 is 2.76 bits per heavy atom. The number of carbonyl (C=O) groups is 3. The standard InChI is InChI=1S/C28H37N3O6/c1-3-36-28-21(10-7-16-32)22(23-18-31(19(2)33)24-11-5-4-9-20(23)24)17-25(37-28)27(35)29-13-8-15-30-14-6-12-26(30)34/h4-5,9,11,17-18,21-22,28,32H,3,6-8,10,12-16H2,1-2H3,(H,29,35). The fourth-order valence-electron chi connectivity index (χ4n) is 5.35. The Bertz CT molecular complexity index is 1160. The van der Waals surface area contributed by atoms with E-state index in [1.54, 1.807) is 4.57 Å². The highest BCUT2D eigenvalue weighted by atomic mass is 16.7. The number of aliphatic hydroxyl groups excluding tert-OH is 1. The number of nitrogens with zero attached hydrogens (tertiary/aromatic N) is 2. The normalized spacial score (nSPS) is 21.7. The maximum absolute atomic E-state index is 13.1. The number of nitrogens with one attached hydrogen (secondary N) is 1. The minimum Gasteiger partial charge on any atom is -0.459 e. The van der Waals surface area contributed by atoms with Crippen molar-refractivity contribution < 1.29 is 29.0 Å². The summed E-state index contributed by atoms with van der Waals surface area (Å²) in [5.41, 5.74) is 1.72. The Balaban J connectivity index is 1.60. The Hall–Kier alpha value is -3.17. The molecule has 0 spiro atoms. The first-order valence-electron chi connectivity index (χ1n) is 13.2. The molecule has 9 nitrogen and oxygen atoms in total. The SMILES string of the molecule is CCOC1OC(C(=O)NCCCN2CCCC2=O)=CC(c2cn(C(C)=O)c3ccccc23)C1CCCO. The van der Waals surface area contributed by atoms with Gasteiger partial charge in [0.15, 0.2) is 5.76 Å². The van der Waals surface area contributed by atoms with Gasteiger partial charge in [0.1, 0.15) is 0 Å². The first-order chi connectivity index (χ1) is 17.9. The van der Waals surface area contributed by atoms with Crippen LogP contribution in [0.5, 0.6) is 0 Å². The monoisotopic (exact) mass is 511 g/mol. The van der Waals surface area contributed by atoms with Gasteiger partial charge in [0.05, 0.1) is 5.52 Å². The van der Waals surface area contributed by atoms with Crippen molar-refractivity contribution in [2.75, 3.05) is 32.8 Å². The molecule has 1 aromatic heterocycles. The summed E-state index contributed by atoms with van der Waals surface area (Å²) in [6, 6.07) is 7.71. The van der Waals surface area contributed by atoms with Crippen LogP contribution in [0.3, 0.4) is 0 Å². The molecule has 9 heteroatoms. The lowest BCUT2D eigenvalue weighted by Crippen LogP contribution is -2.39. The number of allylic oxidation sites excluding steroid dienone is 1. The number of aliphatic hydroxyl groups is 1. The van der Waals surface area contributed by atoms with Gasteiger partial charge >= 0.3 is 0 Å². The van der Waals surface area contributed by atoms with E-state index >= 15 is 0 Å². The van der Waals surface area contributed by atoms with E-state index in [9.17, 15) is 19.5 Å². The molecular formula is C28H37N3O6. The van der Waals surface area contributed by atoms with Crippen LogP contribution in [0.15, 0.2) is 42.3 Å². The number of aromatic nitrogens is 1. The number of rotatable bonds is 11. The highest BCUT2D eigenvalue weighted by Gasteiger charge is 2.39. The molecule has 3 atom stereocenters. The second-order valence-corrected chi connectivity index (χ2v) is 9.61. The molecule has 4 rings (SSSR count). The fourth-order valence-corrected chi connectivity index (χ4v) is 5.35. The van der Waals surface area contributed by atoms with Crippen molar-refractivity contribution in [3.63, 3.8) is 0 Å². The van der Waals surface area contributed by atoms with Gasteiger partial charge in [0.2, 0.25) is 18.1 Å². The molecule has 1 aromatic carbocycles. The topological polar surface area (TPSA) is 110 Å². The number of ether oxygens (including phenoxy) is 2. The number of hydrogen-bond donors (Lipinski definition) is 2. The highest BCUT2D eigenvalue weighted by Crippen LogP contribution is 2.42. The van der Waals surface area contributed by atoms with Gasteiger partial charge in [0.25, 0.3) is 5.91 Å². The molecule has 37 heavy (non-hydrogen) atoms. The molecule has 3 heterocycles. The van der Waals surface area contributed by atoms with Crippen molar-refractivity contribution >= 4 is 28.6 Å². The van der Waals surface area contributed by atoms with E-state index in [-0.39, 0.29) is 41.9 Å². The third kappa shape index (κ3) is 6.05. The number of likely N-dealkylation sites (tertiary alicyclic amines) is 1. The lowest BCUT2D eigenvalue weighted by atomic mass is 9.80. The van der Waals surface area contributed by atoms with Crippen LogP contribution in [0.1, 0.15) is 62.2 Å². The van der Waals surface area contributed by atoms with E-state index in [1.165, 1.54) is 6.92 Å². The summed E-state index contributed by atoms with van der Waals surface area (Å²) in [4.78, 5) is 39.2. The van der Waals surface area contributed by atoms with Crippen LogP contribution in [-0.4, -0.2) is 71.4 Å². The molecule has 0 saturated carbocycles. The predicted octanol–water partition coefficient (Wildman–Crippen LogP) is 3.18. The number of para-hydroxylation sites is 1. The summed E-state index contributed by atoms with van der Waals surface area (Å²) in [5.74, 6) is -0.493. The Labute approximate surface area is 217 Å². The van der Waals surface area contributed by atoms with Crippen molar-refractivity contribution in [1.82, 2.24) is 14.8 Å². The van der Waals surface area contributed by atoms with Gasteiger partial charge in [-0.2, -0.15) is 0 Å². The smallest absolute Gasteiger partial charge is 0.286 e. The second kappa shape index (κ2) is 12.4. The van der Waals surface area contributed by atoms with Crippen LogP contribution in [0.25, 0.3) is 10.9 Å². The maximum atomic E-state index is 13.1. The van der Waals surface area contributed by atoms with E-state index in [1.807, 2.05) is 48.4 Å². The Morgan fingerprint density at radius 2 is 2.05 bits per heavy atom. The zero-order chi connectivity index (χ0) is 26.4. The number of amides is 2. The molecule has 0 aliphatic carbocycles. The molecule has 2 amide bonds. The third-order valence-electron chi connectivity index (χ3n) is 7.14. The minimum absolute atomic E-state index is 0.0356. The fraction of sp³-hybridized carbons (Fsp3) is 0.536. The summed E-state index contributed by atoms with van der Waals surface area (Å²) in [7, 11) is 0. The minimum atomic E-state index is -0.672. The zero-order valence-corrected chi connectivity index (χ0v) is 21.7. The summed E-state index contributed by atoms with van der Waals surface area (Å²) in [6.07, 6.45) is 6.34. The van der Waals surface area contributed by atoms with Gasteiger partial charge in [-0.15, -0.1) is 0 Å². The van der Waals surface area contributed by atoms with Crippen molar-refractivity contribution in [3.8, 4) is 0 Å². The molecule has 2 aliphatic heterocycles. The predicted molar refractivity (Wildman–Crippen MR) is 139 cm³/mol. The van der Waals surface area contributed by atoms with Crippen LogP contribution < -0.4 is 5.32 Å². The first-order valence-corrected chi connectivity index (χ1v) is 13.2. The molecule has 3 unspecified atom stereocenters. The number of benzene rings is 1. The van der Waals surface area contributed by atoms with E-state index in [0.717, 1.165) is 29.4 Å². The molecular weight excluding hydrogens is 474 g/mol. The van der Waals surface area contributed by atoms with E-state index in [4.69, 9.17) is 9.47 Å². The largest absolute Gasteiger partial charge is 0.459 e. The van der Waals surface area contributed by atoms with Gasteiger partial charge in [0, 0.05) is 69.6 Å². The molecule has 0 bridgehead atoms. The highest BCUT2D eigenvalue weighted by molar-refractivity contribution is 5.95. The summed E-state index contributed by atoms with van der Waals surface area (Å²) < 4.78 is 13.7. The zero-order valence-electron chi connectivity index (χ0n) is 21.7. The second-order valence-electron chi connectivity index (χ2n) is 9.61. The van der Waals surface area contributed by atoms with Crippen LogP contribution in [0.2, 0.25) is 0 Å². The van der Waals surface area contributed by atoms with Gasteiger partial charge in [-0.25, -0.2) is 0 Å². The summed E-state index contributed by atoms with van der Waals surface area (Å²) >= 11 is 0. The van der Waals surface area contributed by atoms with Gasteiger partial charge in [-0.05, 0) is 50.3 Å². The van der Waals surface area contributed by atoms with Crippen molar-refractivity contribution in [2.45, 2.75) is 58.2 Å².